The first-order valence-corrected chi connectivity index (χ1v) is 11.3. The number of ether oxygens (including phenoxy) is 2. The Labute approximate surface area is 193 Å². The van der Waals surface area contributed by atoms with Gasteiger partial charge in [0.2, 0.25) is 0 Å². The van der Waals surface area contributed by atoms with Gasteiger partial charge in [-0.15, -0.1) is 0 Å². The van der Waals surface area contributed by atoms with Crippen LogP contribution < -0.4 is 9.64 Å². The molecule has 2 heterocycles. The topological polar surface area (TPSA) is 59.1 Å². The molecule has 2 aliphatic rings. The quantitative estimate of drug-likeness (QED) is 0.613. The molecule has 6 nitrogen and oxygen atoms in total. The molecule has 2 amide bonds. The normalized spacial score (nSPS) is 21.4. The van der Waals surface area contributed by atoms with Crippen molar-refractivity contribution in [2.24, 2.45) is 5.92 Å². The van der Waals surface area contributed by atoms with Crippen molar-refractivity contribution >= 4 is 23.1 Å². The Hall–Kier alpha value is -3.19. The zero-order valence-electron chi connectivity index (χ0n) is 19.4. The van der Waals surface area contributed by atoms with Crippen molar-refractivity contribution in [3.05, 3.63) is 65.6 Å². The van der Waals surface area contributed by atoms with Crippen molar-refractivity contribution in [2.45, 2.75) is 39.9 Å². The highest BCUT2D eigenvalue weighted by atomic mass is 19.1. The maximum absolute atomic E-state index is 13.9. The van der Waals surface area contributed by atoms with E-state index in [2.05, 4.69) is 13.8 Å². The van der Waals surface area contributed by atoms with Gasteiger partial charge in [0.1, 0.15) is 17.3 Å². The Morgan fingerprint density at radius 1 is 1.03 bits per heavy atom. The summed E-state index contributed by atoms with van der Waals surface area (Å²) in [4.78, 5) is 30.1. The van der Waals surface area contributed by atoms with E-state index in [1.807, 2.05) is 18.7 Å². The van der Waals surface area contributed by atoms with Crippen LogP contribution in [0.4, 0.5) is 10.1 Å². The summed E-state index contributed by atoms with van der Waals surface area (Å²) < 4.78 is 25.5. The molecule has 0 aliphatic carbocycles. The average molecular weight is 453 g/mol. The minimum atomic E-state index is -0.511. The van der Waals surface area contributed by atoms with E-state index in [0.717, 1.165) is 4.90 Å². The van der Waals surface area contributed by atoms with Crippen molar-refractivity contribution in [2.75, 3.05) is 24.6 Å². The molecular weight excluding hydrogens is 423 g/mol. The van der Waals surface area contributed by atoms with Gasteiger partial charge in [0, 0.05) is 13.1 Å². The van der Waals surface area contributed by atoms with E-state index < -0.39 is 17.6 Å². The van der Waals surface area contributed by atoms with E-state index in [1.54, 1.807) is 30.3 Å². The molecule has 0 spiro atoms. The number of imide groups is 1. The molecule has 2 aromatic carbocycles. The first-order valence-electron chi connectivity index (χ1n) is 11.3. The van der Waals surface area contributed by atoms with Gasteiger partial charge in [0.15, 0.2) is 0 Å². The van der Waals surface area contributed by atoms with Gasteiger partial charge in [-0.1, -0.05) is 32.0 Å². The lowest BCUT2D eigenvalue weighted by Crippen LogP contribution is -2.47. The lowest BCUT2D eigenvalue weighted by Gasteiger charge is -2.37. The van der Waals surface area contributed by atoms with Gasteiger partial charge in [-0.25, -0.2) is 9.29 Å². The largest absolute Gasteiger partial charge is 0.493 e. The second kappa shape index (κ2) is 9.35. The molecule has 2 aliphatic heterocycles. The van der Waals surface area contributed by atoms with Crippen LogP contribution in [-0.4, -0.2) is 48.6 Å². The molecule has 174 valence electrons. The molecule has 0 radical (unpaired) electrons. The summed E-state index contributed by atoms with van der Waals surface area (Å²) in [6, 6.07) is 12.7. The van der Waals surface area contributed by atoms with Crippen molar-refractivity contribution in [1.82, 2.24) is 4.90 Å². The molecule has 1 saturated heterocycles. The molecule has 0 saturated carbocycles. The highest BCUT2D eigenvalue weighted by molar-refractivity contribution is 6.45. The number of nitrogens with zero attached hydrogens (tertiary/aromatic N) is 2. The number of anilines is 1. The van der Waals surface area contributed by atoms with Crippen LogP contribution in [0.5, 0.6) is 5.75 Å². The second-order valence-corrected chi connectivity index (χ2v) is 9.04. The number of amides is 2. The summed E-state index contributed by atoms with van der Waals surface area (Å²) in [6.07, 6.45) is -0.194. The predicted octanol–water partition coefficient (Wildman–Crippen LogP) is 4.25. The Balaban J connectivity index is 1.75. The van der Waals surface area contributed by atoms with Crippen LogP contribution >= 0.6 is 0 Å². The Morgan fingerprint density at radius 2 is 1.70 bits per heavy atom. The van der Waals surface area contributed by atoms with Gasteiger partial charge in [0.25, 0.3) is 11.8 Å². The zero-order chi connectivity index (χ0) is 23.7. The Kier molecular flexibility index (Phi) is 6.51. The van der Waals surface area contributed by atoms with Crippen LogP contribution in [0.15, 0.2) is 54.2 Å². The predicted molar refractivity (Wildman–Crippen MR) is 124 cm³/mol. The lowest BCUT2D eigenvalue weighted by molar-refractivity contribution is -0.121. The summed E-state index contributed by atoms with van der Waals surface area (Å²) in [5.74, 6) is -0.353. The standard InChI is InChI=1S/C26H29FN2O4/c1-16(2)15-32-22-10-8-19(9-11-22)23-24(28-13-17(3)33-18(4)14-28)26(31)29(25(23)30)21-7-5-6-20(27)12-21/h5-12,16-18H,13-15H2,1-4H3. The molecule has 0 bridgehead atoms. The smallest absolute Gasteiger partial charge is 0.282 e. The van der Waals surface area contributed by atoms with Gasteiger partial charge in [-0.3, -0.25) is 9.59 Å². The van der Waals surface area contributed by atoms with Crippen LogP contribution in [0.25, 0.3) is 5.57 Å². The van der Waals surface area contributed by atoms with E-state index in [0.29, 0.717) is 48.2 Å². The minimum Gasteiger partial charge on any atom is -0.493 e. The first kappa shape index (κ1) is 23.0. The van der Waals surface area contributed by atoms with Crippen LogP contribution in [0.2, 0.25) is 0 Å². The summed E-state index contributed by atoms with van der Waals surface area (Å²) in [5.41, 5.74) is 1.46. The maximum Gasteiger partial charge on any atom is 0.282 e. The van der Waals surface area contributed by atoms with Gasteiger partial charge in [-0.05, 0) is 55.7 Å². The number of morpholine rings is 1. The van der Waals surface area contributed by atoms with Crippen molar-refractivity contribution < 1.29 is 23.5 Å². The monoisotopic (exact) mass is 452 g/mol. The maximum atomic E-state index is 13.9. The average Bonchev–Trinajstić information content (AvgIpc) is 3.02. The second-order valence-electron chi connectivity index (χ2n) is 9.04. The number of hydrogen-bond acceptors (Lipinski definition) is 5. The first-order chi connectivity index (χ1) is 15.7. The minimum absolute atomic E-state index is 0.0968. The molecule has 2 aromatic rings. The van der Waals surface area contributed by atoms with Crippen molar-refractivity contribution in [3.63, 3.8) is 0 Å². The van der Waals surface area contributed by atoms with Crippen molar-refractivity contribution in [1.29, 1.82) is 0 Å². The lowest BCUT2D eigenvalue weighted by atomic mass is 10.0. The summed E-state index contributed by atoms with van der Waals surface area (Å²) in [5, 5.41) is 0. The number of carbonyl (C=O) groups is 2. The van der Waals surface area contributed by atoms with E-state index >= 15 is 0 Å². The van der Waals surface area contributed by atoms with E-state index in [1.165, 1.54) is 18.2 Å². The van der Waals surface area contributed by atoms with Crippen LogP contribution in [0.1, 0.15) is 33.3 Å². The number of halogens is 1. The fraction of sp³-hybridized carbons (Fsp3) is 0.385. The number of carbonyl (C=O) groups excluding carboxylic acids is 2. The molecular formula is C26H29FN2O4. The van der Waals surface area contributed by atoms with E-state index in [9.17, 15) is 14.0 Å². The molecule has 4 rings (SSSR count). The number of hydrogen-bond donors (Lipinski definition) is 0. The molecule has 7 heteroatoms. The van der Waals surface area contributed by atoms with E-state index in [4.69, 9.17) is 9.47 Å². The van der Waals surface area contributed by atoms with Gasteiger partial charge >= 0.3 is 0 Å². The third kappa shape index (κ3) is 4.78. The fourth-order valence-corrected chi connectivity index (χ4v) is 4.26. The summed E-state index contributed by atoms with van der Waals surface area (Å²) in [6.45, 7) is 9.56. The SMILES string of the molecule is CC(C)COc1ccc(C2=C(N3CC(C)OC(C)C3)C(=O)N(c3cccc(F)c3)C2=O)cc1. The van der Waals surface area contributed by atoms with E-state index in [-0.39, 0.29) is 17.9 Å². The van der Waals surface area contributed by atoms with Crippen LogP contribution in [0.3, 0.4) is 0 Å². The number of benzene rings is 2. The molecule has 0 aromatic heterocycles. The highest BCUT2D eigenvalue weighted by Crippen LogP contribution is 2.36. The fourth-order valence-electron chi connectivity index (χ4n) is 4.26. The summed E-state index contributed by atoms with van der Waals surface area (Å²) >= 11 is 0. The van der Waals surface area contributed by atoms with Gasteiger partial charge < -0.3 is 14.4 Å². The number of rotatable bonds is 6. The van der Waals surface area contributed by atoms with Crippen LogP contribution in [-0.2, 0) is 14.3 Å². The Morgan fingerprint density at radius 3 is 2.30 bits per heavy atom. The highest BCUT2D eigenvalue weighted by Gasteiger charge is 2.44. The van der Waals surface area contributed by atoms with Crippen LogP contribution in [0, 0.1) is 11.7 Å². The zero-order valence-corrected chi connectivity index (χ0v) is 19.4. The molecule has 0 N–H and O–H groups in total. The van der Waals surface area contributed by atoms with Crippen molar-refractivity contribution in [3.8, 4) is 5.75 Å². The van der Waals surface area contributed by atoms with Gasteiger partial charge in [0.05, 0.1) is 30.1 Å². The Bertz CT molecular complexity index is 1070. The third-order valence-corrected chi connectivity index (χ3v) is 5.59. The molecule has 2 unspecified atom stereocenters. The molecule has 1 fully saturated rings. The molecule has 33 heavy (non-hydrogen) atoms. The third-order valence-electron chi connectivity index (χ3n) is 5.59. The van der Waals surface area contributed by atoms with Gasteiger partial charge in [-0.2, -0.15) is 0 Å². The summed E-state index contributed by atoms with van der Waals surface area (Å²) in [7, 11) is 0. The molecule has 2 atom stereocenters.